The molecule has 0 spiro atoms. The monoisotopic (exact) mass is 324 g/mol. The molecule has 21 heavy (non-hydrogen) atoms. The van der Waals surface area contributed by atoms with Crippen LogP contribution < -0.4 is 5.73 Å². The Morgan fingerprint density at radius 1 is 1.19 bits per heavy atom. The third-order valence-corrected chi connectivity index (χ3v) is 3.83. The number of fused-ring (bicyclic) bond motifs is 1. The van der Waals surface area contributed by atoms with Crippen LogP contribution in [-0.4, -0.2) is 4.98 Å². The summed E-state index contributed by atoms with van der Waals surface area (Å²) in [5.74, 6) is -0.108. The smallest absolute Gasteiger partial charge is 0.152 e. The first kappa shape index (κ1) is 14.3. The summed E-state index contributed by atoms with van der Waals surface area (Å²) in [6.07, 6.45) is 0. The average Bonchev–Trinajstić information content (AvgIpc) is 2.85. The van der Waals surface area contributed by atoms with Crippen molar-refractivity contribution >= 4 is 34.3 Å². The summed E-state index contributed by atoms with van der Waals surface area (Å²) < 4.78 is 19.3. The summed E-state index contributed by atoms with van der Waals surface area (Å²) in [6, 6.07) is 7.25. The van der Waals surface area contributed by atoms with E-state index < -0.39 is 11.9 Å². The molecule has 2 N–H and O–H groups in total. The molecule has 3 aromatic rings. The van der Waals surface area contributed by atoms with Crippen LogP contribution in [0.5, 0.6) is 0 Å². The molecule has 1 unspecified atom stereocenters. The maximum Gasteiger partial charge on any atom is 0.152 e. The predicted molar refractivity (Wildman–Crippen MR) is 81.2 cm³/mol. The molecule has 2 aromatic heterocycles. The van der Waals surface area contributed by atoms with Crippen LogP contribution in [0.15, 0.2) is 34.7 Å². The standard InChI is InChI=1S/C15H11Cl2FN2O/c1-7-2-3-13-12(20-7)6-14(21-13)15(19)8-4-11(18)10(17)5-9(8)16/h2-6,15H,19H2,1H3. The Kier molecular flexibility index (Phi) is 3.61. The minimum absolute atomic E-state index is 0.0437. The molecule has 0 aliphatic rings. The van der Waals surface area contributed by atoms with Crippen molar-refractivity contribution in [3.8, 4) is 0 Å². The zero-order chi connectivity index (χ0) is 15.1. The highest BCUT2D eigenvalue weighted by molar-refractivity contribution is 6.35. The number of aryl methyl sites for hydroxylation is 1. The van der Waals surface area contributed by atoms with E-state index in [4.69, 9.17) is 33.4 Å². The van der Waals surface area contributed by atoms with Crippen molar-refractivity contribution in [3.05, 3.63) is 63.2 Å². The molecule has 0 saturated heterocycles. The van der Waals surface area contributed by atoms with Crippen LogP contribution in [0.1, 0.15) is 23.1 Å². The third-order valence-electron chi connectivity index (χ3n) is 3.21. The first-order valence-electron chi connectivity index (χ1n) is 6.23. The fraction of sp³-hybridized carbons (Fsp3) is 0.133. The highest BCUT2D eigenvalue weighted by Crippen LogP contribution is 2.32. The van der Waals surface area contributed by atoms with Crippen molar-refractivity contribution in [1.82, 2.24) is 4.98 Å². The third kappa shape index (κ3) is 2.62. The average molecular weight is 325 g/mol. The summed E-state index contributed by atoms with van der Waals surface area (Å²) in [4.78, 5) is 4.35. The van der Waals surface area contributed by atoms with Gasteiger partial charge in [0.25, 0.3) is 0 Å². The van der Waals surface area contributed by atoms with Crippen molar-refractivity contribution in [2.75, 3.05) is 0 Å². The molecule has 0 aliphatic heterocycles. The predicted octanol–water partition coefficient (Wildman–Crippen LogP) is 4.63. The number of rotatable bonds is 2. The number of furan rings is 1. The number of halogens is 3. The van der Waals surface area contributed by atoms with Gasteiger partial charge in [0.15, 0.2) is 5.58 Å². The number of pyridine rings is 1. The Morgan fingerprint density at radius 3 is 2.71 bits per heavy atom. The molecule has 0 amide bonds. The molecule has 1 aromatic carbocycles. The number of hydrogen-bond donors (Lipinski definition) is 1. The molecule has 1 atom stereocenters. The summed E-state index contributed by atoms with van der Waals surface area (Å²) >= 11 is 11.8. The van der Waals surface area contributed by atoms with E-state index in [9.17, 15) is 4.39 Å². The van der Waals surface area contributed by atoms with Gasteiger partial charge in [0, 0.05) is 16.8 Å². The Labute approximate surface area is 130 Å². The Hall–Kier alpha value is -1.62. The summed E-state index contributed by atoms with van der Waals surface area (Å²) in [6.45, 7) is 1.89. The fourth-order valence-corrected chi connectivity index (χ4v) is 2.63. The summed E-state index contributed by atoms with van der Waals surface area (Å²) in [5, 5.41) is 0.247. The van der Waals surface area contributed by atoms with Crippen molar-refractivity contribution in [1.29, 1.82) is 0 Å². The van der Waals surface area contributed by atoms with Crippen molar-refractivity contribution in [2.45, 2.75) is 13.0 Å². The largest absolute Gasteiger partial charge is 0.457 e. The van der Waals surface area contributed by atoms with E-state index in [1.54, 1.807) is 6.07 Å². The molecule has 0 radical (unpaired) electrons. The normalized spacial score (nSPS) is 12.8. The van der Waals surface area contributed by atoms with Crippen molar-refractivity contribution < 1.29 is 8.81 Å². The maximum atomic E-state index is 13.6. The van der Waals surface area contributed by atoms with E-state index in [0.717, 1.165) is 5.69 Å². The maximum absolute atomic E-state index is 13.6. The van der Waals surface area contributed by atoms with Crippen LogP contribution in [-0.2, 0) is 0 Å². The number of nitrogens with zero attached hydrogens (tertiary/aromatic N) is 1. The first-order valence-corrected chi connectivity index (χ1v) is 6.98. The zero-order valence-electron chi connectivity index (χ0n) is 11.0. The summed E-state index contributed by atoms with van der Waals surface area (Å²) in [7, 11) is 0. The van der Waals surface area contributed by atoms with Gasteiger partial charge >= 0.3 is 0 Å². The lowest BCUT2D eigenvalue weighted by Gasteiger charge is -2.11. The van der Waals surface area contributed by atoms with Crippen LogP contribution in [0, 0.1) is 12.7 Å². The molecule has 3 nitrogen and oxygen atoms in total. The quantitative estimate of drug-likeness (QED) is 0.699. The molecule has 108 valence electrons. The van der Waals surface area contributed by atoms with Gasteiger partial charge in [-0.3, -0.25) is 0 Å². The van der Waals surface area contributed by atoms with Gasteiger partial charge in [-0.25, -0.2) is 9.37 Å². The molecule has 6 heteroatoms. The van der Waals surface area contributed by atoms with Crippen LogP contribution in [0.25, 0.3) is 11.1 Å². The van der Waals surface area contributed by atoms with E-state index in [0.29, 0.717) is 27.4 Å². The van der Waals surface area contributed by atoms with E-state index >= 15 is 0 Å². The van der Waals surface area contributed by atoms with Gasteiger partial charge in [-0.2, -0.15) is 0 Å². The molecule has 0 fully saturated rings. The van der Waals surface area contributed by atoms with Gasteiger partial charge in [-0.05, 0) is 36.8 Å². The lowest BCUT2D eigenvalue weighted by Crippen LogP contribution is -2.12. The Balaban J connectivity index is 2.07. The van der Waals surface area contributed by atoms with Gasteiger partial charge in [0.2, 0.25) is 0 Å². The number of hydrogen-bond acceptors (Lipinski definition) is 3. The fourth-order valence-electron chi connectivity index (χ4n) is 2.13. The first-order chi connectivity index (χ1) is 9.95. The zero-order valence-corrected chi connectivity index (χ0v) is 12.5. The van der Waals surface area contributed by atoms with Gasteiger partial charge in [0.1, 0.15) is 17.1 Å². The minimum atomic E-state index is -0.696. The van der Waals surface area contributed by atoms with E-state index in [1.807, 2.05) is 19.1 Å². The lowest BCUT2D eigenvalue weighted by atomic mass is 10.1. The second-order valence-electron chi connectivity index (χ2n) is 4.75. The highest BCUT2D eigenvalue weighted by Gasteiger charge is 2.19. The van der Waals surface area contributed by atoms with Gasteiger partial charge in [0.05, 0.1) is 11.1 Å². The lowest BCUT2D eigenvalue weighted by molar-refractivity contribution is 0.523. The molecule has 2 heterocycles. The van der Waals surface area contributed by atoms with Crippen LogP contribution >= 0.6 is 23.2 Å². The topological polar surface area (TPSA) is 52.0 Å². The Morgan fingerprint density at radius 2 is 1.95 bits per heavy atom. The van der Waals surface area contributed by atoms with E-state index in [2.05, 4.69) is 4.98 Å². The molecular weight excluding hydrogens is 314 g/mol. The van der Waals surface area contributed by atoms with E-state index in [1.165, 1.54) is 12.1 Å². The van der Waals surface area contributed by atoms with E-state index in [-0.39, 0.29) is 5.02 Å². The second-order valence-corrected chi connectivity index (χ2v) is 5.56. The number of nitrogens with two attached hydrogens (primary N) is 1. The Bertz CT molecular complexity index is 832. The van der Waals surface area contributed by atoms with Crippen LogP contribution in [0.4, 0.5) is 4.39 Å². The molecule has 0 aliphatic carbocycles. The molecule has 3 rings (SSSR count). The van der Waals surface area contributed by atoms with Crippen molar-refractivity contribution in [2.24, 2.45) is 5.73 Å². The van der Waals surface area contributed by atoms with Crippen LogP contribution in [0.2, 0.25) is 10.0 Å². The second kappa shape index (κ2) is 5.30. The van der Waals surface area contributed by atoms with Gasteiger partial charge < -0.3 is 10.2 Å². The molecular formula is C15H11Cl2FN2O. The summed E-state index contributed by atoms with van der Waals surface area (Å²) in [5.41, 5.74) is 8.73. The van der Waals surface area contributed by atoms with Gasteiger partial charge in [-0.1, -0.05) is 23.2 Å². The van der Waals surface area contributed by atoms with Crippen LogP contribution in [0.3, 0.4) is 0 Å². The highest BCUT2D eigenvalue weighted by atomic mass is 35.5. The molecule has 0 saturated carbocycles. The van der Waals surface area contributed by atoms with Gasteiger partial charge in [-0.15, -0.1) is 0 Å². The SMILES string of the molecule is Cc1ccc2oc(C(N)c3cc(F)c(Cl)cc3Cl)cc2n1. The number of benzene rings is 1. The van der Waals surface area contributed by atoms with Crippen molar-refractivity contribution in [3.63, 3.8) is 0 Å². The molecule has 0 bridgehead atoms. The minimum Gasteiger partial charge on any atom is -0.457 e. The number of aromatic nitrogens is 1.